The largest absolute Gasteiger partial charge is 0.481 e. The van der Waals surface area contributed by atoms with E-state index in [9.17, 15) is 19.2 Å². The highest BCUT2D eigenvalue weighted by Crippen LogP contribution is 2.30. The highest BCUT2D eigenvalue weighted by molar-refractivity contribution is 5.88. The molecule has 8 nitrogen and oxygen atoms in total. The van der Waals surface area contributed by atoms with Crippen molar-refractivity contribution in [3.8, 4) is 0 Å². The van der Waals surface area contributed by atoms with E-state index in [1.807, 2.05) is 0 Å². The fraction of sp³-hybridized carbons (Fsp3) is 0.692. The molecule has 4 N–H and O–H groups in total. The second kappa shape index (κ2) is 7.61. The van der Waals surface area contributed by atoms with Gasteiger partial charge in [-0.2, -0.15) is 0 Å². The first kappa shape index (κ1) is 16.9. The monoisotopic (exact) mass is 301 g/mol. The SMILES string of the molecule is O=C(O)CC[C@H](NC(=O)[C@H]1CCCC[C@@H]1C(=O)O)C(=O)O. The van der Waals surface area contributed by atoms with E-state index in [4.69, 9.17) is 15.3 Å². The summed E-state index contributed by atoms with van der Waals surface area (Å²) in [7, 11) is 0. The minimum Gasteiger partial charge on any atom is -0.481 e. The van der Waals surface area contributed by atoms with Crippen molar-refractivity contribution in [3.05, 3.63) is 0 Å². The molecule has 0 heterocycles. The molecule has 0 unspecified atom stereocenters. The molecule has 1 aliphatic rings. The lowest BCUT2D eigenvalue weighted by molar-refractivity contribution is -0.150. The lowest BCUT2D eigenvalue weighted by Crippen LogP contribution is -2.47. The molecular weight excluding hydrogens is 282 g/mol. The average Bonchev–Trinajstić information content (AvgIpc) is 2.42. The molecule has 1 aliphatic carbocycles. The summed E-state index contributed by atoms with van der Waals surface area (Å²) in [6.07, 6.45) is 1.61. The molecule has 0 aromatic carbocycles. The summed E-state index contributed by atoms with van der Waals surface area (Å²) < 4.78 is 0. The number of carboxylic acids is 3. The topological polar surface area (TPSA) is 141 Å². The molecule has 8 heteroatoms. The summed E-state index contributed by atoms with van der Waals surface area (Å²) in [6, 6.07) is -1.31. The maximum Gasteiger partial charge on any atom is 0.326 e. The molecule has 3 atom stereocenters. The predicted octanol–water partition coefficient (Wildman–Crippen LogP) is 0.312. The third-order valence-corrected chi connectivity index (χ3v) is 3.68. The van der Waals surface area contributed by atoms with Crippen LogP contribution >= 0.6 is 0 Å². The van der Waals surface area contributed by atoms with Gasteiger partial charge in [-0.15, -0.1) is 0 Å². The van der Waals surface area contributed by atoms with Crippen molar-refractivity contribution in [1.29, 1.82) is 0 Å². The summed E-state index contributed by atoms with van der Waals surface area (Å²) >= 11 is 0. The Morgan fingerprint density at radius 1 is 1.00 bits per heavy atom. The van der Waals surface area contributed by atoms with E-state index in [-0.39, 0.29) is 12.8 Å². The predicted molar refractivity (Wildman–Crippen MR) is 69.5 cm³/mol. The first-order valence-corrected chi connectivity index (χ1v) is 6.80. The van der Waals surface area contributed by atoms with Crippen LogP contribution in [0.25, 0.3) is 0 Å². The maximum absolute atomic E-state index is 12.1. The molecule has 0 bridgehead atoms. The Kier molecular flexibility index (Phi) is 6.13. The van der Waals surface area contributed by atoms with Crippen LogP contribution in [0.4, 0.5) is 0 Å². The molecule has 1 fully saturated rings. The van der Waals surface area contributed by atoms with Crippen LogP contribution in [0, 0.1) is 11.8 Å². The Bertz CT molecular complexity index is 434. The van der Waals surface area contributed by atoms with Crippen LogP contribution < -0.4 is 5.32 Å². The van der Waals surface area contributed by atoms with Crippen LogP contribution in [0.3, 0.4) is 0 Å². The number of carbonyl (C=O) groups excluding carboxylic acids is 1. The fourth-order valence-electron chi connectivity index (χ4n) is 2.54. The Morgan fingerprint density at radius 2 is 1.57 bits per heavy atom. The van der Waals surface area contributed by atoms with E-state index >= 15 is 0 Å². The summed E-state index contributed by atoms with van der Waals surface area (Å²) in [5.74, 6) is -5.74. The second-order valence-corrected chi connectivity index (χ2v) is 5.17. The molecule has 118 valence electrons. The Hall–Kier alpha value is -2.12. The van der Waals surface area contributed by atoms with Gasteiger partial charge in [-0.05, 0) is 19.3 Å². The molecule has 0 aromatic rings. The molecule has 0 radical (unpaired) electrons. The quantitative estimate of drug-likeness (QED) is 0.530. The molecule has 0 aromatic heterocycles. The van der Waals surface area contributed by atoms with Crippen molar-refractivity contribution in [2.24, 2.45) is 11.8 Å². The average molecular weight is 301 g/mol. The van der Waals surface area contributed by atoms with E-state index in [0.717, 1.165) is 6.42 Å². The number of hydrogen-bond donors (Lipinski definition) is 4. The smallest absolute Gasteiger partial charge is 0.326 e. The van der Waals surface area contributed by atoms with Crippen LogP contribution in [0.2, 0.25) is 0 Å². The van der Waals surface area contributed by atoms with Crippen LogP contribution in [0.15, 0.2) is 0 Å². The molecular formula is C13H19NO7. The van der Waals surface area contributed by atoms with Gasteiger partial charge in [-0.1, -0.05) is 12.8 Å². The van der Waals surface area contributed by atoms with E-state index in [2.05, 4.69) is 5.32 Å². The Morgan fingerprint density at radius 3 is 2.05 bits per heavy atom. The Labute approximate surface area is 121 Å². The molecule has 1 rings (SSSR count). The van der Waals surface area contributed by atoms with Gasteiger partial charge in [0.1, 0.15) is 6.04 Å². The number of nitrogens with one attached hydrogen (secondary N) is 1. The van der Waals surface area contributed by atoms with E-state index in [1.54, 1.807) is 0 Å². The first-order valence-electron chi connectivity index (χ1n) is 6.80. The summed E-state index contributed by atoms with van der Waals surface area (Å²) in [5, 5.41) is 28.9. The third kappa shape index (κ3) is 5.05. The van der Waals surface area contributed by atoms with Gasteiger partial charge in [-0.3, -0.25) is 14.4 Å². The normalized spacial score (nSPS) is 23.0. The Balaban J connectivity index is 2.68. The van der Waals surface area contributed by atoms with Gasteiger partial charge in [0.25, 0.3) is 0 Å². The van der Waals surface area contributed by atoms with Crippen molar-refractivity contribution in [2.75, 3.05) is 0 Å². The summed E-state index contributed by atoms with van der Waals surface area (Å²) in [4.78, 5) is 44.7. The molecule has 1 amide bonds. The zero-order chi connectivity index (χ0) is 16.0. The van der Waals surface area contributed by atoms with Crippen LogP contribution in [-0.2, 0) is 19.2 Å². The summed E-state index contributed by atoms with van der Waals surface area (Å²) in [5.41, 5.74) is 0. The van der Waals surface area contributed by atoms with E-state index in [0.29, 0.717) is 19.3 Å². The molecule has 0 aliphatic heterocycles. The fourth-order valence-corrected chi connectivity index (χ4v) is 2.54. The van der Waals surface area contributed by atoms with Crippen LogP contribution in [0.1, 0.15) is 38.5 Å². The number of aliphatic carboxylic acids is 3. The van der Waals surface area contributed by atoms with Crippen molar-refractivity contribution in [1.82, 2.24) is 5.32 Å². The lowest BCUT2D eigenvalue weighted by atomic mass is 9.78. The van der Waals surface area contributed by atoms with Gasteiger partial charge in [0.2, 0.25) is 5.91 Å². The molecule has 21 heavy (non-hydrogen) atoms. The molecule has 0 spiro atoms. The number of amides is 1. The van der Waals surface area contributed by atoms with Gasteiger partial charge >= 0.3 is 17.9 Å². The van der Waals surface area contributed by atoms with Crippen molar-refractivity contribution < 1.29 is 34.5 Å². The highest BCUT2D eigenvalue weighted by Gasteiger charge is 2.37. The first-order chi connectivity index (χ1) is 9.82. The molecule has 0 saturated heterocycles. The number of rotatable bonds is 7. The number of carboxylic acid groups (broad SMARTS) is 3. The third-order valence-electron chi connectivity index (χ3n) is 3.68. The second-order valence-electron chi connectivity index (χ2n) is 5.17. The van der Waals surface area contributed by atoms with E-state index in [1.165, 1.54) is 0 Å². The van der Waals surface area contributed by atoms with Crippen molar-refractivity contribution in [2.45, 2.75) is 44.6 Å². The summed E-state index contributed by atoms with van der Waals surface area (Å²) in [6.45, 7) is 0. The van der Waals surface area contributed by atoms with Gasteiger partial charge in [-0.25, -0.2) is 4.79 Å². The van der Waals surface area contributed by atoms with Gasteiger partial charge in [0.05, 0.1) is 11.8 Å². The number of carbonyl (C=O) groups is 4. The lowest BCUT2D eigenvalue weighted by Gasteiger charge is -2.28. The minimum absolute atomic E-state index is 0.235. The zero-order valence-electron chi connectivity index (χ0n) is 11.4. The van der Waals surface area contributed by atoms with Crippen molar-refractivity contribution in [3.63, 3.8) is 0 Å². The van der Waals surface area contributed by atoms with Crippen molar-refractivity contribution >= 4 is 23.8 Å². The number of hydrogen-bond acceptors (Lipinski definition) is 4. The van der Waals surface area contributed by atoms with Gasteiger partial charge < -0.3 is 20.6 Å². The molecule has 1 saturated carbocycles. The van der Waals surface area contributed by atoms with Crippen LogP contribution in [0.5, 0.6) is 0 Å². The highest BCUT2D eigenvalue weighted by atomic mass is 16.4. The standard InChI is InChI=1S/C13H19NO7/c15-10(16)6-5-9(13(20)21)14-11(17)7-3-1-2-4-8(7)12(18)19/h7-9H,1-6H2,(H,14,17)(H,15,16)(H,18,19)(H,20,21)/t7-,8-,9-/m0/s1. The maximum atomic E-state index is 12.1. The van der Waals surface area contributed by atoms with E-state index < -0.39 is 41.7 Å². The van der Waals surface area contributed by atoms with Gasteiger partial charge in [0.15, 0.2) is 0 Å². The zero-order valence-corrected chi connectivity index (χ0v) is 11.4. The van der Waals surface area contributed by atoms with Gasteiger partial charge in [0, 0.05) is 6.42 Å². The van der Waals surface area contributed by atoms with Crippen LogP contribution in [-0.4, -0.2) is 45.2 Å². The minimum atomic E-state index is -1.33.